The summed E-state index contributed by atoms with van der Waals surface area (Å²) in [5.74, 6) is 0.227. The molecule has 0 unspecified atom stereocenters. The first-order valence-corrected chi connectivity index (χ1v) is 12.6. The van der Waals surface area contributed by atoms with E-state index in [9.17, 15) is 24.6 Å². The van der Waals surface area contributed by atoms with Gasteiger partial charge in [0, 0.05) is 50.4 Å². The average molecular weight is 553 g/mol. The maximum absolute atomic E-state index is 12.5. The van der Waals surface area contributed by atoms with E-state index in [1.807, 2.05) is 0 Å². The molecule has 1 N–H and O–H groups in total. The lowest BCUT2D eigenvalue weighted by Crippen LogP contribution is -2.35. The SMILES string of the molecule is CN1CCC(O)CC1.COc1cc(F)ccc1[N+](=O)[O-].COc1cc(OC2CCN(C)CC2)ccc1[N+](=O)[O-]. The fourth-order valence-electron chi connectivity index (χ4n) is 3.97. The zero-order valence-electron chi connectivity index (χ0n) is 22.7. The van der Waals surface area contributed by atoms with Crippen LogP contribution in [0.4, 0.5) is 15.8 Å². The fraction of sp³-hybridized carbons (Fsp3) is 0.538. The summed E-state index contributed by atoms with van der Waals surface area (Å²) in [6.07, 6.45) is 3.99. The van der Waals surface area contributed by atoms with E-state index in [4.69, 9.17) is 14.6 Å². The number of hydrogen-bond donors (Lipinski definition) is 1. The Balaban J connectivity index is 0.000000227. The minimum absolute atomic E-state index is 0.0220. The second-order valence-electron chi connectivity index (χ2n) is 9.32. The molecule has 2 fully saturated rings. The number of hydrogen-bond acceptors (Lipinski definition) is 10. The lowest BCUT2D eigenvalue weighted by Gasteiger charge is -2.29. The number of nitrogens with zero attached hydrogens (tertiary/aromatic N) is 4. The number of nitro groups is 2. The maximum Gasteiger partial charge on any atom is 0.311 e. The molecular weight excluding hydrogens is 515 g/mol. The van der Waals surface area contributed by atoms with Crippen LogP contribution in [-0.4, -0.2) is 91.5 Å². The van der Waals surface area contributed by atoms with Crippen LogP contribution in [0, 0.1) is 26.0 Å². The van der Waals surface area contributed by atoms with Crippen molar-refractivity contribution in [3.8, 4) is 17.2 Å². The first-order chi connectivity index (χ1) is 18.5. The van der Waals surface area contributed by atoms with Gasteiger partial charge in [-0.3, -0.25) is 20.2 Å². The highest BCUT2D eigenvalue weighted by molar-refractivity contribution is 5.50. The largest absolute Gasteiger partial charge is 0.490 e. The number of rotatable bonds is 6. The molecule has 2 aliphatic rings. The summed E-state index contributed by atoms with van der Waals surface area (Å²) < 4.78 is 28.0. The molecule has 0 spiro atoms. The third kappa shape index (κ3) is 10.6. The average Bonchev–Trinajstić information content (AvgIpc) is 2.92. The molecular formula is C26H37FN4O8. The molecule has 2 heterocycles. The van der Waals surface area contributed by atoms with E-state index in [-0.39, 0.29) is 35.1 Å². The van der Waals surface area contributed by atoms with Crippen LogP contribution in [0.5, 0.6) is 17.2 Å². The molecule has 13 heteroatoms. The highest BCUT2D eigenvalue weighted by atomic mass is 19.1. The van der Waals surface area contributed by atoms with Crippen molar-refractivity contribution in [2.45, 2.75) is 37.9 Å². The van der Waals surface area contributed by atoms with Gasteiger partial charge in [0.1, 0.15) is 17.7 Å². The lowest BCUT2D eigenvalue weighted by molar-refractivity contribution is -0.385. The zero-order valence-corrected chi connectivity index (χ0v) is 22.7. The topological polar surface area (TPSA) is 141 Å². The Kier molecular flexibility index (Phi) is 12.8. The van der Waals surface area contributed by atoms with Crippen molar-refractivity contribution < 1.29 is 33.6 Å². The Labute approximate surface area is 227 Å². The van der Waals surface area contributed by atoms with E-state index < -0.39 is 15.7 Å². The van der Waals surface area contributed by atoms with Crippen molar-refractivity contribution in [2.24, 2.45) is 0 Å². The molecule has 2 aliphatic heterocycles. The maximum atomic E-state index is 12.5. The molecule has 0 atom stereocenters. The van der Waals surface area contributed by atoms with Crippen molar-refractivity contribution >= 4 is 11.4 Å². The first-order valence-electron chi connectivity index (χ1n) is 12.6. The van der Waals surface area contributed by atoms with Crippen LogP contribution < -0.4 is 14.2 Å². The van der Waals surface area contributed by atoms with Crippen LogP contribution >= 0.6 is 0 Å². The predicted octanol–water partition coefficient (Wildman–Crippen LogP) is 3.89. The van der Waals surface area contributed by atoms with Gasteiger partial charge in [-0.1, -0.05) is 0 Å². The Bertz CT molecular complexity index is 1060. The summed E-state index contributed by atoms with van der Waals surface area (Å²) in [7, 11) is 6.85. The van der Waals surface area contributed by atoms with Crippen molar-refractivity contribution in [3.63, 3.8) is 0 Å². The van der Waals surface area contributed by atoms with Crippen molar-refractivity contribution in [3.05, 3.63) is 62.4 Å². The van der Waals surface area contributed by atoms with E-state index in [0.29, 0.717) is 5.75 Å². The summed E-state index contributed by atoms with van der Waals surface area (Å²) in [5, 5.41) is 30.1. The molecule has 0 amide bonds. The number of ether oxygens (including phenoxy) is 3. The van der Waals surface area contributed by atoms with E-state index >= 15 is 0 Å². The number of likely N-dealkylation sites (tertiary alicyclic amines) is 2. The number of nitro benzene ring substituents is 2. The van der Waals surface area contributed by atoms with Gasteiger partial charge in [-0.05, 0) is 51.9 Å². The van der Waals surface area contributed by atoms with Gasteiger partial charge in [-0.2, -0.15) is 0 Å². The summed E-state index contributed by atoms with van der Waals surface area (Å²) in [4.78, 5) is 24.5. The molecule has 12 nitrogen and oxygen atoms in total. The molecule has 39 heavy (non-hydrogen) atoms. The monoisotopic (exact) mass is 552 g/mol. The molecule has 0 radical (unpaired) electrons. The molecule has 216 valence electrons. The molecule has 0 bridgehead atoms. The Morgan fingerprint density at radius 1 is 0.821 bits per heavy atom. The van der Waals surface area contributed by atoms with Gasteiger partial charge < -0.3 is 29.1 Å². The van der Waals surface area contributed by atoms with Crippen LogP contribution in [0.3, 0.4) is 0 Å². The highest BCUT2D eigenvalue weighted by Crippen LogP contribution is 2.32. The summed E-state index contributed by atoms with van der Waals surface area (Å²) >= 11 is 0. The predicted molar refractivity (Wildman–Crippen MR) is 143 cm³/mol. The van der Waals surface area contributed by atoms with Crippen LogP contribution in [-0.2, 0) is 0 Å². The van der Waals surface area contributed by atoms with Crippen molar-refractivity contribution in [2.75, 3.05) is 54.5 Å². The minimum Gasteiger partial charge on any atom is -0.490 e. The van der Waals surface area contributed by atoms with E-state index in [1.54, 1.807) is 12.1 Å². The van der Waals surface area contributed by atoms with Gasteiger partial charge in [0.25, 0.3) is 0 Å². The molecule has 0 aliphatic carbocycles. The normalized spacial score (nSPS) is 16.7. The third-order valence-electron chi connectivity index (χ3n) is 6.34. The van der Waals surface area contributed by atoms with Crippen LogP contribution in [0.1, 0.15) is 25.7 Å². The minimum atomic E-state index is -0.627. The number of halogens is 1. The van der Waals surface area contributed by atoms with Gasteiger partial charge in [0.15, 0.2) is 5.75 Å². The Morgan fingerprint density at radius 3 is 1.74 bits per heavy atom. The number of benzene rings is 2. The van der Waals surface area contributed by atoms with Crippen LogP contribution in [0.15, 0.2) is 36.4 Å². The quantitative estimate of drug-likeness (QED) is 0.414. The van der Waals surface area contributed by atoms with Crippen LogP contribution in [0.25, 0.3) is 0 Å². The summed E-state index contributed by atoms with van der Waals surface area (Å²) in [5.41, 5.74) is -0.280. The number of methoxy groups -OCH3 is 2. The van der Waals surface area contributed by atoms with Gasteiger partial charge >= 0.3 is 11.4 Å². The lowest BCUT2D eigenvalue weighted by atomic mass is 10.1. The standard InChI is InChI=1S/C13H18N2O4.C7H6FNO3.C6H13NO/c1-14-7-5-10(6-8-14)19-11-3-4-12(15(16)17)13(9-11)18-2;1-12-7-4-5(8)2-3-6(7)9(10)11;1-7-4-2-6(8)3-5-7/h3-4,9-10H,5-8H2,1-2H3;2-4H,1H3;6,8H,2-5H2,1H3. The van der Waals surface area contributed by atoms with Gasteiger partial charge in [-0.25, -0.2) is 4.39 Å². The van der Waals surface area contributed by atoms with Gasteiger partial charge in [0.2, 0.25) is 5.75 Å². The van der Waals surface area contributed by atoms with E-state index in [2.05, 4.69) is 28.6 Å². The highest BCUT2D eigenvalue weighted by Gasteiger charge is 2.20. The number of piperidine rings is 2. The Hall–Kier alpha value is -3.55. The van der Waals surface area contributed by atoms with Crippen molar-refractivity contribution in [1.29, 1.82) is 0 Å². The van der Waals surface area contributed by atoms with Gasteiger partial charge in [0.05, 0.1) is 30.2 Å². The second-order valence-corrected chi connectivity index (χ2v) is 9.32. The fourth-order valence-corrected chi connectivity index (χ4v) is 3.97. The number of aliphatic hydroxyl groups is 1. The Morgan fingerprint density at radius 2 is 1.28 bits per heavy atom. The smallest absolute Gasteiger partial charge is 0.311 e. The van der Waals surface area contributed by atoms with E-state index in [1.165, 1.54) is 20.3 Å². The molecule has 2 saturated heterocycles. The summed E-state index contributed by atoms with van der Waals surface area (Å²) in [6, 6.07) is 7.67. The zero-order chi connectivity index (χ0) is 28.9. The van der Waals surface area contributed by atoms with Gasteiger partial charge in [-0.15, -0.1) is 0 Å². The van der Waals surface area contributed by atoms with Crippen LogP contribution in [0.2, 0.25) is 0 Å². The molecule has 0 aromatic heterocycles. The molecule has 2 aromatic carbocycles. The molecule has 0 saturated carbocycles. The third-order valence-corrected chi connectivity index (χ3v) is 6.34. The summed E-state index contributed by atoms with van der Waals surface area (Å²) in [6.45, 7) is 4.13. The molecule has 4 rings (SSSR count). The molecule has 2 aromatic rings. The second kappa shape index (κ2) is 15.8. The number of aliphatic hydroxyl groups excluding tert-OH is 1. The van der Waals surface area contributed by atoms with Crippen molar-refractivity contribution in [1.82, 2.24) is 9.80 Å². The first kappa shape index (κ1) is 31.7. The van der Waals surface area contributed by atoms with E-state index in [0.717, 1.165) is 70.1 Å².